The van der Waals surface area contributed by atoms with E-state index in [0.717, 1.165) is 44.8 Å². The number of aromatic amines is 1. The highest BCUT2D eigenvalue weighted by molar-refractivity contribution is 7.90. The lowest BCUT2D eigenvalue weighted by Crippen LogP contribution is -2.44. The van der Waals surface area contributed by atoms with Crippen LogP contribution in [-0.2, 0) is 10.0 Å². The minimum atomic E-state index is -5.34. The molecule has 2 heterocycles. The Morgan fingerprint density at radius 1 is 0.872 bits per heavy atom. The molecule has 0 aliphatic carbocycles. The summed E-state index contributed by atoms with van der Waals surface area (Å²) in [5.41, 5.74) is -0.642. The molecule has 0 saturated carbocycles. The molecule has 5 rings (SSSR count). The molecule has 3 aromatic carbocycles. The van der Waals surface area contributed by atoms with Crippen molar-refractivity contribution in [3.8, 4) is 11.5 Å². The van der Waals surface area contributed by atoms with Crippen LogP contribution in [0.2, 0.25) is 0 Å². The summed E-state index contributed by atoms with van der Waals surface area (Å²) < 4.78 is 73.9. The van der Waals surface area contributed by atoms with Crippen molar-refractivity contribution in [2.45, 2.75) is 30.2 Å². The lowest BCUT2D eigenvalue weighted by molar-refractivity contribution is -0.0494. The molecule has 1 fully saturated rings. The lowest BCUT2D eigenvalue weighted by atomic mass is 9.84. The van der Waals surface area contributed by atoms with Crippen LogP contribution in [-0.4, -0.2) is 55.7 Å². The quantitative estimate of drug-likeness (QED) is 0.290. The second-order valence-electron chi connectivity index (χ2n) is 9.52. The molecule has 1 saturated heterocycles. The van der Waals surface area contributed by atoms with Crippen molar-refractivity contribution < 1.29 is 31.1 Å². The molecule has 206 valence electrons. The van der Waals surface area contributed by atoms with Crippen LogP contribution >= 0.6 is 0 Å². The molecule has 0 radical (unpaired) electrons. The number of methoxy groups -OCH3 is 2. The normalized spacial score (nSPS) is 15.6. The third-order valence-electron chi connectivity index (χ3n) is 7.32. The average molecular weight is 560 g/mol. The van der Waals surface area contributed by atoms with Gasteiger partial charge in [-0.3, -0.25) is 5.10 Å². The van der Waals surface area contributed by atoms with Gasteiger partial charge in [-0.1, -0.05) is 30.3 Å². The molecule has 1 aromatic heterocycles. The van der Waals surface area contributed by atoms with Crippen molar-refractivity contribution in [1.29, 1.82) is 0 Å². The number of nitrogens with one attached hydrogen (secondary N) is 1. The molecule has 1 N–H and O–H groups in total. The zero-order chi connectivity index (χ0) is 27.8. The number of ether oxygens (including phenoxy) is 2. The molecule has 0 spiro atoms. The topological polar surface area (TPSA) is 84.5 Å². The number of hydrogen-bond donors (Lipinski definition) is 1. The molecule has 7 nitrogen and oxygen atoms in total. The molecular formula is C28H28F3N3O4S. The van der Waals surface area contributed by atoms with Gasteiger partial charge in [0.1, 0.15) is 11.5 Å². The molecule has 0 unspecified atom stereocenters. The number of fused-ring (bicyclic) bond motifs is 1. The number of benzene rings is 3. The standard InChI is InChI=1S/C28H28F3N3O4S/c1-37-22-8-3-18(4-9-22)26(19-5-10-23(38-2)11-6-19)21-7-12-25-24(17-21)27(33-32-25)20-13-15-34(16-14-20)39(35,36)28(29,30)31/h3-12,17,20,26H,13-16H2,1-2H3,(H,32,33). The third-order valence-corrected chi connectivity index (χ3v) is 8.95. The molecule has 1 aliphatic heterocycles. The van der Waals surface area contributed by atoms with Gasteiger partial charge in [-0.05, 0) is 65.9 Å². The summed E-state index contributed by atoms with van der Waals surface area (Å²) in [6.07, 6.45) is 0.500. The number of sulfonamides is 1. The largest absolute Gasteiger partial charge is 0.511 e. The number of alkyl halides is 3. The fourth-order valence-corrected chi connectivity index (χ4v) is 6.21. The molecule has 0 bridgehead atoms. The number of aromatic nitrogens is 2. The van der Waals surface area contributed by atoms with Crippen molar-refractivity contribution in [2.75, 3.05) is 27.3 Å². The molecular weight excluding hydrogens is 531 g/mol. The van der Waals surface area contributed by atoms with Crippen LogP contribution in [0.3, 0.4) is 0 Å². The van der Waals surface area contributed by atoms with Crippen molar-refractivity contribution in [2.24, 2.45) is 0 Å². The first kappa shape index (κ1) is 27.0. The summed E-state index contributed by atoms with van der Waals surface area (Å²) in [6.45, 7) is -0.415. The number of H-pyrrole nitrogens is 1. The van der Waals surface area contributed by atoms with Crippen LogP contribution in [0.4, 0.5) is 13.2 Å². The Kier molecular flexibility index (Phi) is 7.30. The van der Waals surface area contributed by atoms with Crippen LogP contribution in [0.25, 0.3) is 10.9 Å². The van der Waals surface area contributed by atoms with E-state index >= 15 is 0 Å². The first-order chi connectivity index (χ1) is 18.6. The van der Waals surface area contributed by atoms with Gasteiger partial charge in [-0.15, -0.1) is 0 Å². The van der Waals surface area contributed by atoms with E-state index in [1.807, 2.05) is 60.7 Å². The maximum Gasteiger partial charge on any atom is 0.511 e. The van der Waals surface area contributed by atoms with E-state index in [1.54, 1.807) is 14.2 Å². The van der Waals surface area contributed by atoms with Gasteiger partial charge in [0.15, 0.2) is 0 Å². The van der Waals surface area contributed by atoms with Gasteiger partial charge in [0.2, 0.25) is 0 Å². The summed E-state index contributed by atoms with van der Waals surface area (Å²) in [6, 6.07) is 21.8. The number of piperidine rings is 1. The average Bonchev–Trinajstić information content (AvgIpc) is 3.37. The Balaban J connectivity index is 1.49. The first-order valence-corrected chi connectivity index (χ1v) is 13.9. The second kappa shape index (κ2) is 10.5. The van der Waals surface area contributed by atoms with Gasteiger partial charge in [0, 0.05) is 30.3 Å². The van der Waals surface area contributed by atoms with Crippen LogP contribution in [0.15, 0.2) is 66.7 Å². The zero-order valence-corrected chi connectivity index (χ0v) is 22.2. The van der Waals surface area contributed by atoms with E-state index in [2.05, 4.69) is 16.3 Å². The summed E-state index contributed by atoms with van der Waals surface area (Å²) in [4.78, 5) is 0. The van der Waals surface area contributed by atoms with E-state index in [0.29, 0.717) is 4.31 Å². The summed E-state index contributed by atoms with van der Waals surface area (Å²) in [5.74, 6) is 1.21. The zero-order valence-electron chi connectivity index (χ0n) is 21.4. The Morgan fingerprint density at radius 3 is 1.87 bits per heavy atom. The number of halogens is 3. The number of hydrogen-bond acceptors (Lipinski definition) is 5. The van der Waals surface area contributed by atoms with Gasteiger partial charge in [-0.2, -0.15) is 22.6 Å². The van der Waals surface area contributed by atoms with Gasteiger partial charge < -0.3 is 9.47 Å². The van der Waals surface area contributed by atoms with Gasteiger partial charge in [-0.25, -0.2) is 8.42 Å². The van der Waals surface area contributed by atoms with E-state index in [1.165, 1.54) is 0 Å². The van der Waals surface area contributed by atoms with Crippen LogP contribution in [0.5, 0.6) is 11.5 Å². The second-order valence-corrected chi connectivity index (χ2v) is 11.4. The Hall–Kier alpha value is -3.57. The predicted molar refractivity (Wildman–Crippen MR) is 142 cm³/mol. The highest BCUT2D eigenvalue weighted by atomic mass is 32.2. The van der Waals surface area contributed by atoms with E-state index in [9.17, 15) is 21.6 Å². The lowest BCUT2D eigenvalue weighted by Gasteiger charge is -2.31. The Labute approximate surface area is 224 Å². The highest BCUT2D eigenvalue weighted by Crippen LogP contribution is 2.39. The van der Waals surface area contributed by atoms with Crippen molar-refractivity contribution in [3.63, 3.8) is 0 Å². The maximum atomic E-state index is 13.0. The molecule has 0 atom stereocenters. The molecule has 39 heavy (non-hydrogen) atoms. The van der Waals surface area contributed by atoms with Crippen LogP contribution < -0.4 is 9.47 Å². The van der Waals surface area contributed by atoms with E-state index in [4.69, 9.17) is 9.47 Å². The number of nitrogens with zero attached hydrogens (tertiary/aromatic N) is 2. The minimum absolute atomic E-state index is 0.118. The SMILES string of the molecule is COc1ccc(C(c2ccc(OC)cc2)c2ccc3[nH]nc(C4CCN(S(=O)(=O)C(F)(F)F)CC4)c3c2)cc1. The molecule has 0 amide bonds. The molecule has 4 aromatic rings. The summed E-state index contributed by atoms with van der Waals surface area (Å²) >= 11 is 0. The van der Waals surface area contributed by atoms with Gasteiger partial charge >= 0.3 is 15.5 Å². The van der Waals surface area contributed by atoms with Crippen LogP contribution in [0.1, 0.15) is 47.1 Å². The minimum Gasteiger partial charge on any atom is -0.497 e. The third kappa shape index (κ3) is 5.20. The number of rotatable bonds is 7. The summed E-state index contributed by atoms with van der Waals surface area (Å²) in [5, 5.41) is 8.40. The van der Waals surface area contributed by atoms with E-state index < -0.39 is 15.5 Å². The smallest absolute Gasteiger partial charge is 0.497 e. The monoisotopic (exact) mass is 559 g/mol. The fourth-order valence-electron chi connectivity index (χ4n) is 5.23. The highest BCUT2D eigenvalue weighted by Gasteiger charge is 2.50. The predicted octanol–water partition coefficient (Wildman–Crippen LogP) is 5.79. The Morgan fingerprint density at radius 2 is 1.38 bits per heavy atom. The van der Waals surface area contributed by atoms with Gasteiger partial charge in [0.05, 0.1) is 25.4 Å². The van der Waals surface area contributed by atoms with Crippen molar-refractivity contribution in [1.82, 2.24) is 14.5 Å². The molecule has 1 aliphatic rings. The van der Waals surface area contributed by atoms with Crippen molar-refractivity contribution >= 4 is 20.9 Å². The molecule has 11 heteroatoms. The van der Waals surface area contributed by atoms with Crippen LogP contribution in [0, 0.1) is 0 Å². The van der Waals surface area contributed by atoms with E-state index in [-0.39, 0.29) is 37.8 Å². The van der Waals surface area contributed by atoms with Crippen molar-refractivity contribution in [3.05, 3.63) is 89.1 Å². The first-order valence-electron chi connectivity index (χ1n) is 12.4. The fraction of sp³-hybridized carbons (Fsp3) is 0.321. The Bertz CT molecular complexity index is 1500. The maximum absolute atomic E-state index is 13.0. The summed E-state index contributed by atoms with van der Waals surface area (Å²) in [7, 11) is -2.10. The van der Waals surface area contributed by atoms with Gasteiger partial charge in [0.25, 0.3) is 0 Å².